The molecule has 0 saturated carbocycles. The number of anilines is 2. The van der Waals surface area contributed by atoms with Crippen LogP contribution in [0.1, 0.15) is 53.0 Å². The number of fused-ring (bicyclic) bond motifs is 4. The van der Waals surface area contributed by atoms with Crippen molar-refractivity contribution in [3.05, 3.63) is 63.2 Å². The van der Waals surface area contributed by atoms with E-state index in [9.17, 15) is 14.0 Å². The van der Waals surface area contributed by atoms with E-state index < -0.39 is 17.1 Å². The molecule has 1 aliphatic carbocycles. The van der Waals surface area contributed by atoms with Gasteiger partial charge in [-0.1, -0.05) is 35.9 Å². The first-order chi connectivity index (χ1) is 23.1. The Hall–Kier alpha value is -4.28. The van der Waals surface area contributed by atoms with Crippen LogP contribution < -0.4 is 14.5 Å². The molecule has 2 atom stereocenters. The first-order valence-electron chi connectivity index (χ1n) is 16.5. The van der Waals surface area contributed by atoms with Crippen molar-refractivity contribution in [1.29, 1.82) is 0 Å². The highest BCUT2D eigenvalue weighted by atomic mass is 35.5. The molecule has 2 aromatic heterocycles. The standard InChI is InChI=1S/C34H37ClFN9O3/c1-37-28-29(42-11-7-13-45-24(17-42)26(35)27(40-45)31(47)41(2)3)38-32(48-20-33-10-6-12-44(33)16-22(36)15-33)39-30(28)43-18-34(19-43)23-9-5-4-8-21(23)14-25(34)46/h4-5,8-9,22H,6-7,10-20H2,2-3H3/t22-,33+/m1/s1. The lowest BCUT2D eigenvalue weighted by molar-refractivity contribution is -0.123. The highest BCUT2D eigenvalue weighted by Crippen LogP contribution is 2.49. The summed E-state index contributed by atoms with van der Waals surface area (Å²) < 4.78 is 22.7. The zero-order chi connectivity index (χ0) is 33.4. The summed E-state index contributed by atoms with van der Waals surface area (Å²) in [5.74, 6) is 0.698. The number of benzene rings is 1. The van der Waals surface area contributed by atoms with E-state index in [1.54, 1.807) is 18.8 Å². The van der Waals surface area contributed by atoms with Crippen molar-refractivity contribution < 1.29 is 18.7 Å². The van der Waals surface area contributed by atoms with Gasteiger partial charge in [-0.3, -0.25) is 19.2 Å². The van der Waals surface area contributed by atoms with Crippen molar-refractivity contribution >= 4 is 40.6 Å². The Morgan fingerprint density at radius 2 is 1.92 bits per heavy atom. The Morgan fingerprint density at radius 3 is 2.69 bits per heavy atom. The van der Waals surface area contributed by atoms with Gasteiger partial charge in [-0.05, 0) is 36.9 Å². The summed E-state index contributed by atoms with van der Waals surface area (Å²) in [7, 11) is 3.31. The molecule has 12 nitrogen and oxygen atoms in total. The summed E-state index contributed by atoms with van der Waals surface area (Å²) in [6, 6.07) is 8.07. The quantitative estimate of drug-likeness (QED) is 0.361. The summed E-state index contributed by atoms with van der Waals surface area (Å²) in [4.78, 5) is 47.4. The third kappa shape index (κ3) is 4.75. The minimum absolute atomic E-state index is 0.113. The van der Waals surface area contributed by atoms with Crippen LogP contribution in [0.15, 0.2) is 24.3 Å². The van der Waals surface area contributed by atoms with Gasteiger partial charge in [0.05, 0.1) is 34.8 Å². The zero-order valence-electron chi connectivity index (χ0n) is 27.1. The highest BCUT2D eigenvalue weighted by Gasteiger charge is 2.55. The fraction of sp³-hybridized carbons (Fsp3) is 0.529. The molecule has 4 aliphatic heterocycles. The normalized spacial score (nSPS) is 24.1. The number of rotatable bonds is 6. The van der Waals surface area contributed by atoms with Gasteiger partial charge in [-0.2, -0.15) is 15.1 Å². The molecule has 3 fully saturated rings. The van der Waals surface area contributed by atoms with Crippen molar-refractivity contribution in [2.75, 3.05) is 63.2 Å². The van der Waals surface area contributed by atoms with Gasteiger partial charge < -0.3 is 19.4 Å². The lowest BCUT2D eigenvalue weighted by atomic mass is 9.74. The second kappa shape index (κ2) is 11.4. The van der Waals surface area contributed by atoms with Crippen molar-refractivity contribution in [3.63, 3.8) is 0 Å². The number of amides is 1. The largest absolute Gasteiger partial charge is 0.461 e. The van der Waals surface area contributed by atoms with Crippen molar-refractivity contribution in [3.8, 4) is 6.01 Å². The predicted molar refractivity (Wildman–Crippen MR) is 177 cm³/mol. The van der Waals surface area contributed by atoms with Crippen LogP contribution >= 0.6 is 11.6 Å². The van der Waals surface area contributed by atoms with Gasteiger partial charge in [0, 0.05) is 59.7 Å². The topological polar surface area (TPSA) is 104 Å². The van der Waals surface area contributed by atoms with Crippen LogP contribution in [0.2, 0.25) is 5.02 Å². The summed E-state index contributed by atoms with van der Waals surface area (Å²) in [5.41, 5.74) is 2.16. The SMILES string of the molecule is [C-]#[N+]c1c(N2CCCn3nc(C(=O)N(C)C)c(Cl)c3C2)nc(OC[C@@]23CCCN2C[C@H](F)C3)nc1N1CC2(C1)C(=O)Cc1ccccc12. The van der Waals surface area contributed by atoms with Crippen LogP contribution in [-0.2, 0) is 29.7 Å². The first kappa shape index (κ1) is 31.0. The van der Waals surface area contributed by atoms with Gasteiger partial charge in [0.25, 0.3) is 11.6 Å². The van der Waals surface area contributed by atoms with Gasteiger partial charge in [-0.25, -0.2) is 9.24 Å². The number of hydrogen-bond donors (Lipinski definition) is 0. The van der Waals surface area contributed by atoms with E-state index in [1.807, 2.05) is 34.1 Å². The number of alkyl halides is 1. The van der Waals surface area contributed by atoms with Crippen LogP contribution in [0.3, 0.4) is 0 Å². The molecule has 3 saturated heterocycles. The number of carbonyl (C=O) groups excluding carboxylic acids is 2. The van der Waals surface area contributed by atoms with Gasteiger partial charge >= 0.3 is 6.01 Å². The third-order valence-corrected chi connectivity index (χ3v) is 11.2. The van der Waals surface area contributed by atoms with E-state index in [4.69, 9.17) is 32.9 Å². The minimum Gasteiger partial charge on any atom is -0.461 e. The summed E-state index contributed by atoms with van der Waals surface area (Å²) in [6.07, 6.45) is 2.40. The molecule has 0 N–H and O–H groups in total. The Labute approximate surface area is 283 Å². The molecule has 1 spiro atoms. The lowest BCUT2D eigenvalue weighted by Gasteiger charge is -2.48. The van der Waals surface area contributed by atoms with Crippen molar-refractivity contribution in [2.24, 2.45) is 0 Å². The monoisotopic (exact) mass is 673 g/mol. The lowest BCUT2D eigenvalue weighted by Crippen LogP contribution is -2.62. The number of Topliss-reactive ketones (excluding diaryl/α,β-unsaturated/α-hetero) is 1. The minimum atomic E-state index is -0.898. The molecule has 0 unspecified atom stereocenters. The fourth-order valence-electron chi connectivity index (χ4n) is 8.41. The maximum atomic E-state index is 14.6. The molecule has 8 rings (SSSR count). The molecule has 3 aromatic rings. The first-order valence-corrected chi connectivity index (χ1v) is 16.9. The smallest absolute Gasteiger partial charge is 0.317 e. The Morgan fingerprint density at radius 1 is 1.15 bits per heavy atom. The second-order valence-electron chi connectivity index (χ2n) is 14.0. The van der Waals surface area contributed by atoms with Gasteiger partial charge in [0.15, 0.2) is 11.5 Å². The number of carbonyl (C=O) groups is 2. The predicted octanol–water partition coefficient (Wildman–Crippen LogP) is 3.83. The Kier molecular flexibility index (Phi) is 7.37. The van der Waals surface area contributed by atoms with Crippen LogP contribution in [0, 0.1) is 6.57 Å². The molecule has 0 bridgehead atoms. The van der Waals surface area contributed by atoms with E-state index in [1.165, 1.54) is 4.90 Å². The van der Waals surface area contributed by atoms with E-state index in [-0.39, 0.29) is 47.3 Å². The average molecular weight is 674 g/mol. The van der Waals surface area contributed by atoms with Gasteiger partial charge in [0.1, 0.15) is 24.4 Å². The molecule has 0 radical (unpaired) electrons. The van der Waals surface area contributed by atoms with E-state index in [2.05, 4.69) is 14.8 Å². The summed E-state index contributed by atoms with van der Waals surface area (Å²) in [5, 5.41) is 4.82. The summed E-state index contributed by atoms with van der Waals surface area (Å²) >= 11 is 6.78. The Balaban J connectivity index is 1.16. The molecule has 14 heteroatoms. The number of aromatic nitrogens is 4. The fourth-order valence-corrected chi connectivity index (χ4v) is 8.69. The summed E-state index contributed by atoms with van der Waals surface area (Å²) in [6.45, 7) is 12.0. The van der Waals surface area contributed by atoms with Crippen LogP contribution in [0.25, 0.3) is 4.85 Å². The second-order valence-corrected chi connectivity index (χ2v) is 14.4. The maximum Gasteiger partial charge on any atom is 0.317 e. The van der Waals surface area contributed by atoms with Crippen LogP contribution in [-0.4, -0.2) is 106 Å². The molecular weight excluding hydrogens is 637 g/mol. The average Bonchev–Trinajstić information content (AvgIpc) is 3.71. The third-order valence-electron chi connectivity index (χ3n) is 10.8. The molecular formula is C34H37ClFN9O3. The van der Waals surface area contributed by atoms with Crippen LogP contribution in [0.4, 0.5) is 21.7 Å². The number of ketones is 1. The Bertz CT molecular complexity index is 1870. The van der Waals surface area contributed by atoms with Crippen molar-refractivity contribution in [1.82, 2.24) is 29.5 Å². The maximum absolute atomic E-state index is 14.6. The number of hydrogen-bond acceptors (Lipinski definition) is 9. The number of ether oxygens (including phenoxy) is 1. The zero-order valence-corrected chi connectivity index (χ0v) is 27.8. The van der Waals surface area contributed by atoms with E-state index in [0.29, 0.717) is 69.3 Å². The van der Waals surface area contributed by atoms with Gasteiger partial charge in [0.2, 0.25) is 0 Å². The molecule has 1 amide bonds. The highest BCUT2D eigenvalue weighted by molar-refractivity contribution is 6.34. The molecule has 5 aliphatic rings. The van der Waals surface area contributed by atoms with E-state index in [0.717, 1.165) is 30.5 Å². The van der Waals surface area contributed by atoms with Crippen LogP contribution in [0.5, 0.6) is 6.01 Å². The number of aryl methyl sites for hydroxylation is 1. The van der Waals surface area contributed by atoms with Gasteiger partial charge in [-0.15, -0.1) is 0 Å². The molecule has 250 valence electrons. The number of nitrogens with zero attached hydrogens (tertiary/aromatic N) is 9. The molecule has 6 heterocycles. The number of halogens is 2. The van der Waals surface area contributed by atoms with E-state index >= 15 is 0 Å². The van der Waals surface area contributed by atoms with Crippen molar-refractivity contribution in [2.45, 2.75) is 62.3 Å². The molecule has 48 heavy (non-hydrogen) atoms. The molecule has 1 aromatic carbocycles.